The molecule has 2 aromatic rings. The van der Waals surface area contributed by atoms with Gasteiger partial charge >= 0.3 is 0 Å². The van der Waals surface area contributed by atoms with Crippen molar-refractivity contribution in [2.24, 2.45) is 4.99 Å². The highest BCUT2D eigenvalue weighted by atomic mass is 32.2. The van der Waals surface area contributed by atoms with Crippen LogP contribution in [0.3, 0.4) is 0 Å². The van der Waals surface area contributed by atoms with Gasteiger partial charge in [-0.15, -0.1) is 0 Å². The molecule has 0 saturated heterocycles. The number of nitrogens with one attached hydrogen (secondary N) is 1. The summed E-state index contributed by atoms with van der Waals surface area (Å²) < 4.78 is 28.3. The van der Waals surface area contributed by atoms with Crippen molar-refractivity contribution < 1.29 is 13.2 Å². The number of hydrogen-bond acceptors (Lipinski definition) is 4. The predicted octanol–water partition coefficient (Wildman–Crippen LogP) is 2.17. The van der Waals surface area contributed by atoms with Crippen LogP contribution in [0, 0.1) is 0 Å². The number of hydrogen-bond donors (Lipinski definition) is 1. The lowest BCUT2D eigenvalue weighted by Crippen LogP contribution is -2.30. The van der Waals surface area contributed by atoms with Crippen LogP contribution in [0.5, 0.6) is 0 Å². The molecule has 6 nitrogen and oxygen atoms in total. The molecule has 1 heterocycles. The number of carbonyl (C=O) groups excluding carboxylic acids is 1. The molecule has 1 aromatic carbocycles. The SMILES string of the molecule is CC(C)N=c1ccccn1C(=O)c1ccc(S(=O)(=O)NC(C)C)cc1. The Morgan fingerprint density at radius 1 is 1.04 bits per heavy atom. The first-order valence-electron chi connectivity index (χ1n) is 8.09. The molecule has 0 spiro atoms. The van der Waals surface area contributed by atoms with Gasteiger partial charge in [-0.25, -0.2) is 13.1 Å². The second-order valence-electron chi connectivity index (χ2n) is 6.26. The highest BCUT2D eigenvalue weighted by Crippen LogP contribution is 2.12. The molecule has 0 amide bonds. The summed E-state index contributed by atoms with van der Waals surface area (Å²) in [4.78, 5) is 17.3. The van der Waals surface area contributed by atoms with Gasteiger partial charge in [0.2, 0.25) is 10.0 Å². The summed E-state index contributed by atoms with van der Waals surface area (Å²) in [5.41, 5.74) is 0.945. The van der Waals surface area contributed by atoms with Gasteiger partial charge < -0.3 is 0 Å². The van der Waals surface area contributed by atoms with Crippen molar-refractivity contribution in [3.05, 3.63) is 59.7 Å². The van der Waals surface area contributed by atoms with E-state index in [9.17, 15) is 13.2 Å². The van der Waals surface area contributed by atoms with Crippen LogP contribution < -0.4 is 10.2 Å². The maximum absolute atomic E-state index is 12.7. The molecule has 0 radical (unpaired) electrons. The topological polar surface area (TPSA) is 80.5 Å². The lowest BCUT2D eigenvalue weighted by Gasteiger charge is -2.10. The predicted molar refractivity (Wildman–Crippen MR) is 96.8 cm³/mol. The van der Waals surface area contributed by atoms with Crippen molar-refractivity contribution in [1.82, 2.24) is 9.29 Å². The standard InChI is InChI=1S/C18H23N3O3S/c1-13(2)19-17-7-5-6-12-21(17)18(22)15-8-10-16(11-9-15)25(23,24)20-14(3)4/h5-14,20H,1-4H3. The number of aromatic nitrogens is 1. The van der Waals surface area contributed by atoms with Crippen molar-refractivity contribution >= 4 is 15.9 Å². The minimum Gasteiger partial charge on any atom is -0.268 e. The maximum Gasteiger partial charge on any atom is 0.263 e. The maximum atomic E-state index is 12.7. The van der Waals surface area contributed by atoms with Gasteiger partial charge in [-0.3, -0.25) is 14.4 Å². The summed E-state index contributed by atoms with van der Waals surface area (Å²) in [6.07, 6.45) is 1.65. The number of nitrogens with zero attached hydrogens (tertiary/aromatic N) is 2. The van der Waals surface area contributed by atoms with Gasteiger partial charge in [0.25, 0.3) is 5.91 Å². The molecule has 0 unspecified atom stereocenters. The van der Waals surface area contributed by atoms with E-state index in [1.54, 1.807) is 32.2 Å². The van der Waals surface area contributed by atoms with Gasteiger partial charge in [0.05, 0.1) is 4.90 Å². The zero-order chi connectivity index (χ0) is 18.6. The first-order chi connectivity index (χ1) is 11.7. The van der Waals surface area contributed by atoms with Crippen LogP contribution in [0.15, 0.2) is 58.5 Å². The molecule has 1 N–H and O–H groups in total. The highest BCUT2D eigenvalue weighted by Gasteiger charge is 2.16. The van der Waals surface area contributed by atoms with E-state index in [0.29, 0.717) is 11.1 Å². The Morgan fingerprint density at radius 2 is 1.68 bits per heavy atom. The summed E-state index contributed by atoms with van der Waals surface area (Å²) in [5, 5.41) is 0. The molecule has 134 valence electrons. The molecule has 0 aliphatic rings. The number of benzene rings is 1. The number of sulfonamides is 1. The van der Waals surface area contributed by atoms with Gasteiger partial charge in [0.1, 0.15) is 5.49 Å². The lowest BCUT2D eigenvalue weighted by atomic mass is 10.2. The largest absolute Gasteiger partial charge is 0.268 e. The van der Waals surface area contributed by atoms with E-state index < -0.39 is 10.0 Å². The third kappa shape index (κ3) is 4.87. The lowest BCUT2D eigenvalue weighted by molar-refractivity contribution is 0.0954. The quantitative estimate of drug-likeness (QED) is 0.886. The van der Waals surface area contributed by atoms with Crippen LogP contribution in [0.2, 0.25) is 0 Å². The fourth-order valence-corrected chi connectivity index (χ4v) is 3.52. The first kappa shape index (κ1) is 19.1. The van der Waals surface area contributed by atoms with Crippen molar-refractivity contribution in [2.75, 3.05) is 0 Å². The van der Waals surface area contributed by atoms with E-state index in [-0.39, 0.29) is 22.9 Å². The Kier molecular flexibility index (Phi) is 5.92. The van der Waals surface area contributed by atoms with Crippen molar-refractivity contribution in [1.29, 1.82) is 0 Å². The van der Waals surface area contributed by atoms with Crippen LogP contribution in [0.4, 0.5) is 0 Å². The molecule has 0 bridgehead atoms. The van der Waals surface area contributed by atoms with E-state index >= 15 is 0 Å². The van der Waals surface area contributed by atoms with Crippen molar-refractivity contribution in [3.63, 3.8) is 0 Å². The molecule has 0 atom stereocenters. The third-order valence-corrected chi connectivity index (χ3v) is 4.92. The minimum atomic E-state index is -3.58. The summed E-state index contributed by atoms with van der Waals surface area (Å²) in [5.74, 6) is -0.263. The second kappa shape index (κ2) is 7.76. The molecule has 25 heavy (non-hydrogen) atoms. The fraction of sp³-hybridized carbons (Fsp3) is 0.333. The van der Waals surface area contributed by atoms with Crippen LogP contribution in [0.1, 0.15) is 38.1 Å². The van der Waals surface area contributed by atoms with Crippen LogP contribution in [0.25, 0.3) is 0 Å². The summed E-state index contributed by atoms with van der Waals surface area (Å²) >= 11 is 0. The number of pyridine rings is 1. The Bertz CT molecular complexity index is 911. The van der Waals surface area contributed by atoms with Crippen LogP contribution in [-0.4, -0.2) is 31.0 Å². The van der Waals surface area contributed by atoms with E-state index in [2.05, 4.69) is 9.71 Å². The molecule has 0 aliphatic carbocycles. The van der Waals surface area contributed by atoms with Gasteiger partial charge in [0, 0.05) is 23.8 Å². The number of carbonyl (C=O) groups is 1. The fourth-order valence-electron chi connectivity index (χ4n) is 2.27. The van der Waals surface area contributed by atoms with Crippen molar-refractivity contribution in [3.8, 4) is 0 Å². The third-order valence-electron chi connectivity index (χ3n) is 3.25. The Balaban J connectivity index is 2.37. The van der Waals surface area contributed by atoms with Crippen molar-refractivity contribution in [2.45, 2.75) is 44.7 Å². The Labute approximate surface area is 148 Å². The average Bonchev–Trinajstić information content (AvgIpc) is 2.53. The summed E-state index contributed by atoms with van der Waals surface area (Å²) in [6, 6.07) is 11.1. The van der Waals surface area contributed by atoms with E-state index in [1.165, 1.54) is 28.8 Å². The summed E-state index contributed by atoms with van der Waals surface area (Å²) in [6.45, 7) is 7.37. The zero-order valence-corrected chi connectivity index (χ0v) is 15.6. The number of rotatable bonds is 5. The smallest absolute Gasteiger partial charge is 0.263 e. The van der Waals surface area contributed by atoms with Gasteiger partial charge in [-0.05, 0) is 64.1 Å². The molecule has 1 aromatic heterocycles. The molecule has 0 saturated carbocycles. The molecule has 0 aliphatic heterocycles. The molecule has 7 heteroatoms. The van der Waals surface area contributed by atoms with Gasteiger partial charge in [-0.2, -0.15) is 0 Å². The van der Waals surface area contributed by atoms with Crippen LogP contribution >= 0.6 is 0 Å². The second-order valence-corrected chi connectivity index (χ2v) is 7.97. The van der Waals surface area contributed by atoms with E-state index in [0.717, 1.165) is 0 Å². The van der Waals surface area contributed by atoms with E-state index in [4.69, 9.17) is 0 Å². The summed E-state index contributed by atoms with van der Waals surface area (Å²) in [7, 11) is -3.58. The first-order valence-corrected chi connectivity index (χ1v) is 9.57. The van der Waals surface area contributed by atoms with Gasteiger partial charge in [0.15, 0.2) is 0 Å². The van der Waals surface area contributed by atoms with E-state index in [1.807, 2.05) is 19.9 Å². The highest BCUT2D eigenvalue weighted by molar-refractivity contribution is 7.89. The Hall–Kier alpha value is -2.25. The normalized spacial score (nSPS) is 12.8. The molecule has 2 rings (SSSR count). The average molecular weight is 361 g/mol. The Morgan fingerprint density at radius 3 is 2.24 bits per heavy atom. The van der Waals surface area contributed by atoms with Crippen LogP contribution in [-0.2, 0) is 10.0 Å². The zero-order valence-electron chi connectivity index (χ0n) is 14.8. The molecular formula is C18H23N3O3S. The minimum absolute atomic E-state index is 0.0519. The monoisotopic (exact) mass is 361 g/mol. The molecule has 0 fully saturated rings. The molecular weight excluding hydrogens is 338 g/mol. The van der Waals surface area contributed by atoms with Gasteiger partial charge in [-0.1, -0.05) is 6.07 Å².